The zero-order valence-corrected chi connectivity index (χ0v) is 11.4. The van der Waals surface area contributed by atoms with Gasteiger partial charge in [-0.25, -0.2) is 4.79 Å². The molecule has 4 nitrogen and oxygen atoms in total. The monoisotopic (exact) mass is 271 g/mol. The fourth-order valence-corrected chi connectivity index (χ4v) is 2.71. The van der Waals surface area contributed by atoms with Crippen LogP contribution in [0.15, 0.2) is 34.7 Å². The van der Waals surface area contributed by atoms with Crippen LogP contribution >= 0.6 is 0 Å². The van der Waals surface area contributed by atoms with Crippen molar-refractivity contribution in [3.05, 3.63) is 58.5 Å². The zero-order valence-electron chi connectivity index (χ0n) is 11.4. The average Bonchev–Trinajstić information content (AvgIpc) is 2.80. The normalized spacial score (nSPS) is 15.1. The van der Waals surface area contributed by atoms with Crippen LogP contribution in [0.1, 0.15) is 33.0 Å². The lowest BCUT2D eigenvalue weighted by atomic mass is 9.99. The van der Waals surface area contributed by atoms with Crippen molar-refractivity contribution in [3.8, 4) is 0 Å². The number of carbonyl (C=O) groups is 1. The summed E-state index contributed by atoms with van der Waals surface area (Å²) in [5, 5.41) is 8.95. The smallest absolute Gasteiger partial charge is 0.371 e. The summed E-state index contributed by atoms with van der Waals surface area (Å²) in [6.45, 7) is 4.45. The van der Waals surface area contributed by atoms with Crippen LogP contribution in [0, 0.1) is 6.92 Å². The van der Waals surface area contributed by atoms with Gasteiger partial charge in [0.15, 0.2) is 0 Å². The quantitative estimate of drug-likeness (QED) is 0.932. The Morgan fingerprint density at radius 2 is 2.10 bits per heavy atom. The number of hydrogen-bond donors (Lipinski definition) is 1. The Balaban J connectivity index is 1.75. The van der Waals surface area contributed by atoms with Crippen molar-refractivity contribution in [2.75, 3.05) is 6.54 Å². The largest absolute Gasteiger partial charge is 0.475 e. The molecule has 104 valence electrons. The summed E-state index contributed by atoms with van der Waals surface area (Å²) in [6, 6.07) is 10.1. The maximum Gasteiger partial charge on any atom is 0.371 e. The van der Waals surface area contributed by atoms with Crippen molar-refractivity contribution in [2.24, 2.45) is 0 Å². The average molecular weight is 271 g/mol. The molecule has 1 aromatic carbocycles. The molecule has 2 aromatic rings. The van der Waals surface area contributed by atoms with Crippen LogP contribution in [-0.2, 0) is 19.5 Å². The zero-order chi connectivity index (χ0) is 14.1. The second-order valence-electron chi connectivity index (χ2n) is 5.23. The van der Waals surface area contributed by atoms with E-state index in [0.29, 0.717) is 5.76 Å². The maximum atomic E-state index is 10.9. The van der Waals surface area contributed by atoms with Crippen molar-refractivity contribution in [1.29, 1.82) is 0 Å². The first-order valence-electron chi connectivity index (χ1n) is 6.75. The summed E-state index contributed by atoms with van der Waals surface area (Å²) in [7, 11) is 0. The molecule has 0 saturated heterocycles. The molecule has 0 fully saturated rings. The third-order valence-electron chi connectivity index (χ3n) is 3.84. The number of rotatable bonds is 3. The van der Waals surface area contributed by atoms with Gasteiger partial charge < -0.3 is 9.52 Å². The van der Waals surface area contributed by atoms with Crippen molar-refractivity contribution in [3.63, 3.8) is 0 Å². The molecule has 1 N–H and O–H groups in total. The summed E-state index contributed by atoms with van der Waals surface area (Å²) in [5.41, 5.74) is 3.74. The lowest BCUT2D eigenvalue weighted by molar-refractivity contribution is 0.0661. The Labute approximate surface area is 117 Å². The number of carboxylic acid groups (broad SMARTS) is 1. The second-order valence-corrected chi connectivity index (χ2v) is 5.23. The molecule has 4 heteroatoms. The van der Waals surface area contributed by atoms with E-state index in [0.717, 1.165) is 31.6 Å². The summed E-state index contributed by atoms with van der Waals surface area (Å²) in [5.74, 6) is -0.292. The van der Waals surface area contributed by atoms with E-state index in [1.54, 1.807) is 6.07 Å². The minimum atomic E-state index is -1.01. The van der Waals surface area contributed by atoms with Gasteiger partial charge in [0, 0.05) is 25.2 Å². The van der Waals surface area contributed by atoms with Gasteiger partial charge in [0.2, 0.25) is 5.76 Å². The highest BCUT2D eigenvalue weighted by Crippen LogP contribution is 2.22. The van der Waals surface area contributed by atoms with Crippen LogP contribution in [0.25, 0.3) is 0 Å². The summed E-state index contributed by atoms with van der Waals surface area (Å²) < 4.78 is 5.26. The van der Waals surface area contributed by atoms with E-state index in [1.165, 1.54) is 11.1 Å². The molecule has 1 aliphatic rings. The number of aryl methyl sites for hydroxylation is 1. The maximum absolute atomic E-state index is 10.9. The first-order chi connectivity index (χ1) is 9.63. The lowest BCUT2D eigenvalue weighted by Crippen LogP contribution is -2.30. The Morgan fingerprint density at radius 1 is 1.35 bits per heavy atom. The number of carboxylic acids is 1. The lowest BCUT2D eigenvalue weighted by Gasteiger charge is -2.28. The highest BCUT2D eigenvalue weighted by atomic mass is 16.4. The molecule has 0 radical (unpaired) electrons. The first-order valence-corrected chi connectivity index (χ1v) is 6.75. The molecule has 0 unspecified atom stereocenters. The highest BCUT2D eigenvalue weighted by Gasteiger charge is 2.19. The summed E-state index contributed by atoms with van der Waals surface area (Å²) >= 11 is 0. The number of benzene rings is 1. The summed E-state index contributed by atoms with van der Waals surface area (Å²) in [4.78, 5) is 13.2. The molecule has 0 bridgehead atoms. The second kappa shape index (κ2) is 5.13. The van der Waals surface area contributed by atoms with Crippen LogP contribution in [-0.4, -0.2) is 22.5 Å². The van der Waals surface area contributed by atoms with Gasteiger partial charge in [-0.05, 0) is 30.5 Å². The molecule has 3 rings (SSSR count). The molecule has 0 atom stereocenters. The van der Waals surface area contributed by atoms with E-state index >= 15 is 0 Å². The Hall–Kier alpha value is -2.07. The van der Waals surface area contributed by atoms with Crippen molar-refractivity contribution >= 4 is 5.97 Å². The van der Waals surface area contributed by atoms with Gasteiger partial charge in [0.05, 0.1) is 0 Å². The number of hydrogen-bond acceptors (Lipinski definition) is 3. The minimum Gasteiger partial charge on any atom is -0.475 e. The van der Waals surface area contributed by atoms with Gasteiger partial charge in [-0.2, -0.15) is 0 Å². The molecule has 2 heterocycles. The molecule has 1 aromatic heterocycles. The van der Waals surface area contributed by atoms with Gasteiger partial charge in [-0.15, -0.1) is 0 Å². The van der Waals surface area contributed by atoms with E-state index in [1.807, 2.05) is 6.92 Å². The van der Waals surface area contributed by atoms with Gasteiger partial charge in [0.25, 0.3) is 0 Å². The van der Waals surface area contributed by atoms with Gasteiger partial charge in [-0.1, -0.05) is 24.3 Å². The SMILES string of the molecule is Cc1oc(C(=O)O)cc1CN1CCc2ccccc2C1. The molecular formula is C16H17NO3. The predicted molar refractivity (Wildman–Crippen MR) is 74.7 cm³/mol. The molecule has 0 saturated carbocycles. The van der Waals surface area contributed by atoms with Crippen LogP contribution < -0.4 is 0 Å². The van der Waals surface area contributed by atoms with Crippen molar-refractivity contribution in [1.82, 2.24) is 4.90 Å². The standard InChI is InChI=1S/C16H17NO3/c1-11-14(8-15(20-11)16(18)19)10-17-7-6-12-4-2-3-5-13(12)9-17/h2-5,8H,6-7,9-10H2,1H3,(H,18,19). The van der Waals surface area contributed by atoms with Gasteiger partial charge >= 0.3 is 5.97 Å². The predicted octanol–water partition coefficient (Wildman–Crippen LogP) is 2.84. The number of aromatic carboxylic acids is 1. The third kappa shape index (κ3) is 2.47. The van der Waals surface area contributed by atoms with E-state index in [4.69, 9.17) is 9.52 Å². The molecule has 0 spiro atoms. The Bertz CT molecular complexity index is 645. The number of nitrogens with zero attached hydrogens (tertiary/aromatic N) is 1. The highest BCUT2D eigenvalue weighted by molar-refractivity contribution is 5.84. The summed E-state index contributed by atoms with van der Waals surface area (Å²) in [6.07, 6.45) is 1.04. The topological polar surface area (TPSA) is 53.7 Å². The third-order valence-corrected chi connectivity index (χ3v) is 3.84. The van der Waals surface area contributed by atoms with Crippen LogP contribution in [0.4, 0.5) is 0 Å². The Kier molecular flexibility index (Phi) is 3.32. The van der Waals surface area contributed by atoms with Crippen molar-refractivity contribution < 1.29 is 14.3 Å². The molecular weight excluding hydrogens is 254 g/mol. The van der Waals surface area contributed by atoms with Crippen LogP contribution in [0.5, 0.6) is 0 Å². The number of fused-ring (bicyclic) bond motifs is 1. The molecule has 0 amide bonds. The van der Waals surface area contributed by atoms with E-state index in [-0.39, 0.29) is 5.76 Å². The van der Waals surface area contributed by atoms with Gasteiger partial charge in [-0.3, -0.25) is 4.90 Å². The van der Waals surface area contributed by atoms with E-state index in [9.17, 15) is 4.79 Å². The van der Waals surface area contributed by atoms with E-state index in [2.05, 4.69) is 29.2 Å². The minimum absolute atomic E-state index is 0.0231. The fraction of sp³-hybridized carbons (Fsp3) is 0.312. The fourth-order valence-electron chi connectivity index (χ4n) is 2.71. The van der Waals surface area contributed by atoms with Crippen molar-refractivity contribution in [2.45, 2.75) is 26.4 Å². The van der Waals surface area contributed by atoms with Crippen LogP contribution in [0.3, 0.4) is 0 Å². The number of furan rings is 1. The van der Waals surface area contributed by atoms with E-state index < -0.39 is 5.97 Å². The first kappa shape index (κ1) is 12.9. The van der Waals surface area contributed by atoms with Gasteiger partial charge in [0.1, 0.15) is 5.76 Å². The Morgan fingerprint density at radius 3 is 2.80 bits per heavy atom. The molecule has 20 heavy (non-hydrogen) atoms. The molecule has 1 aliphatic heterocycles. The van der Waals surface area contributed by atoms with Crippen LogP contribution in [0.2, 0.25) is 0 Å². The molecule has 0 aliphatic carbocycles.